The first-order valence-corrected chi connectivity index (χ1v) is 4.64. The minimum Gasteiger partial charge on any atom is -0.472 e. The lowest BCUT2D eigenvalue weighted by atomic mass is 9.91. The van der Waals surface area contributed by atoms with Crippen LogP contribution in [0.5, 0.6) is 0 Å². The fourth-order valence-electron chi connectivity index (χ4n) is 1.50. The van der Waals surface area contributed by atoms with Gasteiger partial charge in [0, 0.05) is 13.0 Å². The summed E-state index contributed by atoms with van der Waals surface area (Å²) in [4.78, 5) is 0. The molecule has 1 atom stereocenters. The Morgan fingerprint density at radius 1 is 1.62 bits per heavy atom. The van der Waals surface area contributed by atoms with Crippen molar-refractivity contribution in [3.05, 3.63) is 24.2 Å². The fourth-order valence-corrected chi connectivity index (χ4v) is 1.50. The number of aliphatic hydroxyl groups is 1. The van der Waals surface area contributed by atoms with Gasteiger partial charge >= 0.3 is 0 Å². The molecule has 0 fully saturated rings. The van der Waals surface area contributed by atoms with E-state index in [1.165, 1.54) is 0 Å². The fraction of sp³-hybridized carbons (Fsp3) is 0.600. The lowest BCUT2D eigenvalue weighted by Crippen LogP contribution is -2.39. The van der Waals surface area contributed by atoms with Crippen LogP contribution in [0.2, 0.25) is 0 Å². The summed E-state index contributed by atoms with van der Waals surface area (Å²) in [6.07, 6.45) is 5.50. The van der Waals surface area contributed by atoms with Gasteiger partial charge in [-0.2, -0.15) is 0 Å². The van der Waals surface area contributed by atoms with Crippen molar-refractivity contribution < 1.29 is 9.52 Å². The molecule has 0 aliphatic heterocycles. The molecular weight excluding hydrogens is 166 g/mol. The smallest absolute Gasteiger partial charge is 0.0935 e. The van der Waals surface area contributed by atoms with E-state index in [2.05, 4.69) is 0 Å². The highest BCUT2D eigenvalue weighted by Crippen LogP contribution is 2.18. The molecule has 1 heterocycles. The van der Waals surface area contributed by atoms with E-state index in [4.69, 9.17) is 10.2 Å². The topological polar surface area (TPSA) is 59.4 Å². The third-order valence-electron chi connectivity index (χ3n) is 2.21. The molecule has 0 bridgehead atoms. The van der Waals surface area contributed by atoms with Crippen LogP contribution in [0, 0.1) is 0 Å². The molecule has 0 aliphatic rings. The van der Waals surface area contributed by atoms with E-state index in [1.54, 1.807) is 12.5 Å². The van der Waals surface area contributed by atoms with Gasteiger partial charge in [-0.1, -0.05) is 13.3 Å². The minimum absolute atomic E-state index is 0.298. The van der Waals surface area contributed by atoms with Crippen LogP contribution in [0.15, 0.2) is 23.0 Å². The Morgan fingerprint density at radius 2 is 2.38 bits per heavy atom. The average Bonchev–Trinajstić information content (AvgIpc) is 2.57. The van der Waals surface area contributed by atoms with Crippen molar-refractivity contribution in [2.75, 3.05) is 6.54 Å². The van der Waals surface area contributed by atoms with Crippen molar-refractivity contribution in [3.8, 4) is 0 Å². The summed E-state index contributed by atoms with van der Waals surface area (Å²) in [5, 5.41) is 10.0. The highest BCUT2D eigenvalue weighted by Gasteiger charge is 2.24. The molecule has 1 unspecified atom stereocenters. The van der Waals surface area contributed by atoms with Gasteiger partial charge in [0.1, 0.15) is 0 Å². The van der Waals surface area contributed by atoms with Crippen molar-refractivity contribution in [1.29, 1.82) is 0 Å². The predicted octanol–water partition coefficient (Wildman–Crippen LogP) is 1.31. The van der Waals surface area contributed by atoms with Crippen LogP contribution in [0.3, 0.4) is 0 Å². The average molecular weight is 183 g/mol. The first kappa shape index (κ1) is 10.3. The Hall–Kier alpha value is -0.800. The van der Waals surface area contributed by atoms with Crippen LogP contribution in [0.4, 0.5) is 0 Å². The highest BCUT2D eigenvalue weighted by atomic mass is 16.3. The molecule has 3 N–H and O–H groups in total. The van der Waals surface area contributed by atoms with Gasteiger partial charge in [0.2, 0.25) is 0 Å². The molecule has 74 valence electrons. The van der Waals surface area contributed by atoms with Crippen molar-refractivity contribution in [3.63, 3.8) is 0 Å². The Bertz CT molecular complexity index is 233. The standard InChI is InChI=1S/C10H17NO2/c1-2-4-10(12,8-11)6-9-3-5-13-7-9/h3,5,7,12H,2,4,6,8,11H2,1H3. The minimum atomic E-state index is -0.765. The molecule has 0 aliphatic carbocycles. The molecule has 0 aromatic carbocycles. The molecule has 1 aromatic rings. The zero-order valence-electron chi connectivity index (χ0n) is 7.99. The maximum absolute atomic E-state index is 10.0. The van der Waals surface area contributed by atoms with Gasteiger partial charge in [-0.3, -0.25) is 0 Å². The molecule has 1 aromatic heterocycles. The summed E-state index contributed by atoms with van der Waals surface area (Å²) in [5.74, 6) is 0. The van der Waals surface area contributed by atoms with E-state index in [-0.39, 0.29) is 0 Å². The van der Waals surface area contributed by atoms with E-state index in [0.717, 1.165) is 18.4 Å². The third kappa shape index (κ3) is 2.86. The van der Waals surface area contributed by atoms with Gasteiger partial charge < -0.3 is 15.3 Å². The van der Waals surface area contributed by atoms with Crippen LogP contribution in [0.1, 0.15) is 25.3 Å². The highest BCUT2D eigenvalue weighted by molar-refractivity contribution is 5.09. The second-order valence-corrected chi connectivity index (χ2v) is 3.49. The lowest BCUT2D eigenvalue weighted by molar-refractivity contribution is 0.0397. The first-order valence-electron chi connectivity index (χ1n) is 4.64. The first-order chi connectivity index (χ1) is 6.20. The van der Waals surface area contributed by atoms with Gasteiger partial charge in [0.15, 0.2) is 0 Å². The SMILES string of the molecule is CCCC(O)(CN)Cc1ccoc1. The molecule has 0 saturated heterocycles. The van der Waals surface area contributed by atoms with Crippen LogP contribution in [-0.2, 0) is 6.42 Å². The van der Waals surface area contributed by atoms with E-state index >= 15 is 0 Å². The number of rotatable bonds is 5. The summed E-state index contributed by atoms with van der Waals surface area (Å²) in [6, 6.07) is 1.86. The summed E-state index contributed by atoms with van der Waals surface area (Å²) in [6.45, 7) is 2.34. The van der Waals surface area contributed by atoms with Crippen molar-refractivity contribution in [2.24, 2.45) is 5.73 Å². The molecule has 13 heavy (non-hydrogen) atoms. The molecular formula is C10H17NO2. The second kappa shape index (κ2) is 4.44. The lowest BCUT2D eigenvalue weighted by Gasteiger charge is -2.25. The molecule has 0 amide bonds. The summed E-state index contributed by atoms with van der Waals surface area (Å²) in [5.41, 5.74) is 5.77. The van der Waals surface area contributed by atoms with Crippen molar-refractivity contribution in [1.82, 2.24) is 0 Å². The maximum atomic E-state index is 10.0. The summed E-state index contributed by atoms with van der Waals surface area (Å²) < 4.78 is 4.93. The zero-order chi connectivity index (χ0) is 9.73. The number of hydrogen-bond acceptors (Lipinski definition) is 3. The van der Waals surface area contributed by atoms with Gasteiger partial charge in [-0.05, 0) is 18.1 Å². The van der Waals surface area contributed by atoms with E-state index in [1.807, 2.05) is 13.0 Å². The van der Waals surface area contributed by atoms with Gasteiger partial charge in [0.05, 0.1) is 18.1 Å². The van der Waals surface area contributed by atoms with Crippen LogP contribution < -0.4 is 5.73 Å². The maximum Gasteiger partial charge on any atom is 0.0935 e. The summed E-state index contributed by atoms with van der Waals surface area (Å²) >= 11 is 0. The normalized spacial score (nSPS) is 15.6. The number of nitrogens with two attached hydrogens (primary N) is 1. The molecule has 0 saturated carbocycles. The quantitative estimate of drug-likeness (QED) is 0.723. The Balaban J connectivity index is 2.58. The van der Waals surface area contributed by atoms with Gasteiger partial charge in [0.25, 0.3) is 0 Å². The third-order valence-corrected chi connectivity index (χ3v) is 2.21. The van der Waals surface area contributed by atoms with Gasteiger partial charge in [-0.25, -0.2) is 0 Å². The molecule has 0 radical (unpaired) electrons. The second-order valence-electron chi connectivity index (χ2n) is 3.49. The molecule has 3 heteroatoms. The Labute approximate surface area is 78.5 Å². The molecule has 0 spiro atoms. The number of hydrogen-bond donors (Lipinski definition) is 2. The molecule has 3 nitrogen and oxygen atoms in total. The van der Waals surface area contributed by atoms with E-state index < -0.39 is 5.60 Å². The Kier molecular flexibility index (Phi) is 3.51. The van der Waals surface area contributed by atoms with Crippen LogP contribution in [-0.4, -0.2) is 17.3 Å². The predicted molar refractivity (Wildman–Crippen MR) is 51.3 cm³/mol. The summed E-state index contributed by atoms with van der Waals surface area (Å²) in [7, 11) is 0. The van der Waals surface area contributed by atoms with Crippen molar-refractivity contribution >= 4 is 0 Å². The van der Waals surface area contributed by atoms with E-state index in [0.29, 0.717) is 13.0 Å². The van der Waals surface area contributed by atoms with E-state index in [9.17, 15) is 5.11 Å². The van der Waals surface area contributed by atoms with Crippen LogP contribution >= 0.6 is 0 Å². The van der Waals surface area contributed by atoms with Crippen LogP contribution in [0.25, 0.3) is 0 Å². The zero-order valence-corrected chi connectivity index (χ0v) is 7.99. The monoisotopic (exact) mass is 183 g/mol. The van der Waals surface area contributed by atoms with Gasteiger partial charge in [-0.15, -0.1) is 0 Å². The Morgan fingerprint density at radius 3 is 2.85 bits per heavy atom. The number of furan rings is 1. The molecule has 1 rings (SSSR count). The van der Waals surface area contributed by atoms with Crippen molar-refractivity contribution in [2.45, 2.75) is 31.8 Å². The largest absolute Gasteiger partial charge is 0.472 e.